The minimum Gasteiger partial charge on any atom is -0.497 e. The standard InChI is InChI=1S/C16H12O3/c1-19-14-10-7-12(8-11-14)6-9-13-4-2-3-5-15(13)16(17)18/h2-5,7-8,10-11H,1H3,(H,17,18). The predicted molar refractivity (Wildman–Crippen MR) is 72.4 cm³/mol. The summed E-state index contributed by atoms with van der Waals surface area (Å²) in [6.07, 6.45) is 0. The fourth-order valence-corrected chi connectivity index (χ4v) is 1.59. The summed E-state index contributed by atoms with van der Waals surface area (Å²) in [5, 5.41) is 9.05. The maximum absolute atomic E-state index is 11.0. The molecule has 94 valence electrons. The van der Waals surface area contributed by atoms with Crippen LogP contribution in [-0.4, -0.2) is 18.2 Å². The van der Waals surface area contributed by atoms with Crippen LogP contribution in [0, 0.1) is 11.8 Å². The van der Waals surface area contributed by atoms with Gasteiger partial charge < -0.3 is 9.84 Å². The molecule has 0 aliphatic rings. The van der Waals surface area contributed by atoms with Crippen LogP contribution in [0.1, 0.15) is 21.5 Å². The Kier molecular flexibility index (Phi) is 3.84. The van der Waals surface area contributed by atoms with Gasteiger partial charge in [-0.1, -0.05) is 24.0 Å². The van der Waals surface area contributed by atoms with Crippen LogP contribution >= 0.6 is 0 Å². The lowest BCUT2D eigenvalue weighted by Gasteiger charge is -1.98. The van der Waals surface area contributed by atoms with E-state index in [1.54, 1.807) is 31.4 Å². The number of methoxy groups -OCH3 is 1. The molecule has 1 N–H and O–H groups in total. The van der Waals surface area contributed by atoms with Crippen molar-refractivity contribution in [1.82, 2.24) is 0 Å². The van der Waals surface area contributed by atoms with E-state index in [0.29, 0.717) is 5.56 Å². The summed E-state index contributed by atoms with van der Waals surface area (Å²) in [4.78, 5) is 11.0. The first-order valence-corrected chi connectivity index (χ1v) is 5.69. The van der Waals surface area contributed by atoms with Crippen LogP contribution in [0.25, 0.3) is 0 Å². The second kappa shape index (κ2) is 5.74. The van der Waals surface area contributed by atoms with Gasteiger partial charge in [-0.25, -0.2) is 4.79 Å². The SMILES string of the molecule is COc1ccc(C#Cc2ccccc2C(=O)O)cc1. The van der Waals surface area contributed by atoms with Crippen molar-refractivity contribution in [2.24, 2.45) is 0 Å². The topological polar surface area (TPSA) is 46.5 Å². The Bertz CT molecular complexity index is 646. The minimum absolute atomic E-state index is 0.212. The number of carbonyl (C=O) groups is 1. The van der Waals surface area contributed by atoms with E-state index in [2.05, 4.69) is 11.8 Å². The number of carboxylic acid groups (broad SMARTS) is 1. The maximum Gasteiger partial charge on any atom is 0.336 e. The van der Waals surface area contributed by atoms with Gasteiger partial charge in [0.15, 0.2) is 0 Å². The van der Waals surface area contributed by atoms with Crippen LogP contribution in [0.3, 0.4) is 0 Å². The molecule has 0 aliphatic carbocycles. The molecule has 19 heavy (non-hydrogen) atoms. The second-order valence-corrected chi connectivity index (χ2v) is 3.83. The summed E-state index contributed by atoms with van der Waals surface area (Å²) in [7, 11) is 1.60. The highest BCUT2D eigenvalue weighted by Gasteiger charge is 2.06. The molecule has 2 rings (SSSR count). The number of ether oxygens (including phenoxy) is 1. The number of rotatable bonds is 2. The lowest BCUT2D eigenvalue weighted by Crippen LogP contribution is -1.99. The predicted octanol–water partition coefficient (Wildman–Crippen LogP) is 2.79. The molecule has 0 bridgehead atoms. The second-order valence-electron chi connectivity index (χ2n) is 3.83. The van der Waals surface area contributed by atoms with Crippen molar-refractivity contribution in [3.63, 3.8) is 0 Å². The molecule has 0 fully saturated rings. The fraction of sp³-hybridized carbons (Fsp3) is 0.0625. The Morgan fingerprint density at radius 3 is 2.37 bits per heavy atom. The van der Waals surface area contributed by atoms with Crippen molar-refractivity contribution in [3.05, 3.63) is 65.2 Å². The molecule has 2 aromatic carbocycles. The highest BCUT2D eigenvalue weighted by atomic mass is 16.5. The van der Waals surface area contributed by atoms with Crippen molar-refractivity contribution in [3.8, 4) is 17.6 Å². The molecule has 0 saturated heterocycles. The van der Waals surface area contributed by atoms with Gasteiger partial charge >= 0.3 is 5.97 Å². The van der Waals surface area contributed by atoms with Crippen LogP contribution in [0.4, 0.5) is 0 Å². The first-order chi connectivity index (χ1) is 9.20. The molecule has 3 heteroatoms. The third kappa shape index (κ3) is 3.14. The van der Waals surface area contributed by atoms with Crippen LogP contribution in [0.15, 0.2) is 48.5 Å². The summed E-state index contributed by atoms with van der Waals surface area (Å²) in [6.45, 7) is 0. The molecule has 0 aliphatic heterocycles. The summed E-state index contributed by atoms with van der Waals surface area (Å²) < 4.78 is 5.06. The largest absolute Gasteiger partial charge is 0.497 e. The molecule has 0 atom stereocenters. The van der Waals surface area contributed by atoms with Crippen molar-refractivity contribution < 1.29 is 14.6 Å². The summed E-state index contributed by atoms with van der Waals surface area (Å²) >= 11 is 0. The van der Waals surface area contributed by atoms with Gasteiger partial charge in [0.25, 0.3) is 0 Å². The molecule has 0 radical (unpaired) electrons. The van der Waals surface area contributed by atoms with Crippen molar-refractivity contribution in [1.29, 1.82) is 0 Å². The van der Waals surface area contributed by atoms with Crippen LogP contribution in [0.5, 0.6) is 5.75 Å². The average Bonchev–Trinajstić information content (AvgIpc) is 2.46. The molecular formula is C16H12O3. The average molecular weight is 252 g/mol. The Morgan fingerprint density at radius 1 is 1.05 bits per heavy atom. The van der Waals surface area contributed by atoms with Gasteiger partial charge in [-0.05, 0) is 36.4 Å². The Balaban J connectivity index is 2.31. The zero-order chi connectivity index (χ0) is 13.7. The molecule has 0 aromatic heterocycles. The molecule has 0 saturated carbocycles. The Hall–Kier alpha value is -2.73. The normalized spacial score (nSPS) is 9.32. The van der Waals surface area contributed by atoms with E-state index in [-0.39, 0.29) is 5.56 Å². The number of hydrogen-bond donors (Lipinski definition) is 1. The first-order valence-electron chi connectivity index (χ1n) is 5.69. The zero-order valence-corrected chi connectivity index (χ0v) is 10.4. The maximum atomic E-state index is 11.0. The van der Waals surface area contributed by atoms with Gasteiger partial charge in [0, 0.05) is 11.1 Å². The number of carboxylic acids is 1. The summed E-state index contributed by atoms with van der Waals surface area (Å²) in [5.74, 6) is 5.60. The molecule has 0 amide bonds. The van der Waals surface area contributed by atoms with Gasteiger partial charge in [-0.15, -0.1) is 0 Å². The Morgan fingerprint density at radius 2 is 1.74 bits per heavy atom. The first kappa shape index (κ1) is 12.7. The van der Waals surface area contributed by atoms with Crippen LogP contribution in [-0.2, 0) is 0 Å². The Labute approximate surface area is 111 Å². The molecular weight excluding hydrogens is 240 g/mol. The summed E-state index contributed by atoms with van der Waals surface area (Å²) in [5.41, 5.74) is 1.52. The lowest BCUT2D eigenvalue weighted by molar-refractivity contribution is 0.0696. The highest BCUT2D eigenvalue weighted by Crippen LogP contribution is 2.11. The van der Waals surface area contributed by atoms with Gasteiger partial charge in [0.2, 0.25) is 0 Å². The lowest BCUT2D eigenvalue weighted by atomic mass is 10.1. The van der Waals surface area contributed by atoms with Gasteiger partial charge in [-0.3, -0.25) is 0 Å². The van der Waals surface area contributed by atoms with Crippen LogP contribution < -0.4 is 4.74 Å². The van der Waals surface area contributed by atoms with E-state index in [1.807, 2.05) is 24.3 Å². The number of hydrogen-bond acceptors (Lipinski definition) is 2. The highest BCUT2D eigenvalue weighted by molar-refractivity contribution is 5.90. The van der Waals surface area contributed by atoms with E-state index in [9.17, 15) is 4.79 Å². The number of aromatic carboxylic acids is 1. The number of benzene rings is 2. The van der Waals surface area contributed by atoms with Gasteiger partial charge in [0.05, 0.1) is 12.7 Å². The van der Waals surface area contributed by atoms with Crippen LogP contribution in [0.2, 0.25) is 0 Å². The van der Waals surface area contributed by atoms with E-state index >= 15 is 0 Å². The molecule has 0 spiro atoms. The minimum atomic E-state index is -0.973. The quantitative estimate of drug-likeness (QED) is 0.836. The van der Waals surface area contributed by atoms with E-state index in [1.165, 1.54) is 0 Å². The fourth-order valence-electron chi connectivity index (χ4n) is 1.59. The van der Waals surface area contributed by atoms with E-state index < -0.39 is 5.97 Å². The third-order valence-corrected chi connectivity index (χ3v) is 2.59. The smallest absolute Gasteiger partial charge is 0.336 e. The van der Waals surface area contributed by atoms with E-state index in [0.717, 1.165) is 11.3 Å². The van der Waals surface area contributed by atoms with Crippen molar-refractivity contribution in [2.75, 3.05) is 7.11 Å². The molecule has 2 aromatic rings. The monoisotopic (exact) mass is 252 g/mol. The molecule has 3 nitrogen and oxygen atoms in total. The summed E-state index contributed by atoms with van der Waals surface area (Å²) in [6, 6.07) is 14.0. The zero-order valence-electron chi connectivity index (χ0n) is 10.4. The third-order valence-electron chi connectivity index (χ3n) is 2.59. The molecule has 0 unspecified atom stereocenters. The van der Waals surface area contributed by atoms with Gasteiger partial charge in [0.1, 0.15) is 5.75 Å². The van der Waals surface area contributed by atoms with Crippen molar-refractivity contribution >= 4 is 5.97 Å². The molecule has 0 heterocycles. The van der Waals surface area contributed by atoms with Crippen molar-refractivity contribution in [2.45, 2.75) is 0 Å². The van der Waals surface area contributed by atoms with E-state index in [4.69, 9.17) is 9.84 Å². The van der Waals surface area contributed by atoms with Gasteiger partial charge in [-0.2, -0.15) is 0 Å².